The summed E-state index contributed by atoms with van der Waals surface area (Å²) in [5.74, 6) is 0. The predicted octanol–water partition coefficient (Wildman–Crippen LogP) is 53.8. The van der Waals surface area contributed by atoms with E-state index >= 15 is 0 Å². The fraction of sp³-hybridized carbons (Fsp3) is 0.500. The van der Waals surface area contributed by atoms with E-state index in [4.69, 9.17) is 12.2 Å². The molecule has 0 aliphatic heterocycles. The highest BCUT2D eigenvalue weighted by molar-refractivity contribution is 9.66. The molecule has 0 radical (unpaired) electrons. The molecule has 0 rings (SSSR count). The van der Waals surface area contributed by atoms with Crippen LogP contribution < -0.4 is 0 Å². The Hall–Kier alpha value is 28.8. The van der Waals surface area contributed by atoms with Gasteiger partial charge in [-0.15, -0.1) is 0 Å². The van der Waals surface area contributed by atoms with Gasteiger partial charge in [0.2, 0.25) is 0 Å². The third kappa shape index (κ3) is 113. The number of thiol groups is 1. The second-order valence-corrected chi connectivity index (χ2v) is 150. The summed E-state index contributed by atoms with van der Waals surface area (Å²) in [4.78, 5) is 0. The third-order valence-corrected chi connectivity index (χ3v) is 181. The summed E-state index contributed by atoms with van der Waals surface area (Å²) >= 11 is 9.16. The summed E-state index contributed by atoms with van der Waals surface area (Å²) in [7, 11) is 147. The highest BCUT2D eigenvalue weighted by Gasteiger charge is 2.08. The van der Waals surface area contributed by atoms with Crippen LogP contribution in [0.1, 0.15) is 6.92 Å². The first kappa shape index (κ1) is 114. The third-order valence-electron chi connectivity index (χ3n) is 2.35. The molecular formula is C2H4S83. The quantitative estimate of drug-likeness (QED) is 0.0266. The number of thiocarbonyl (C=S) groups is 1. The lowest BCUT2D eigenvalue weighted by Crippen LogP contribution is -1.64. The molecule has 0 bridgehead atoms. The molecule has 0 amide bonds. The molecule has 510 valence electrons. The van der Waals surface area contributed by atoms with Crippen molar-refractivity contribution in [1.29, 1.82) is 0 Å². The van der Waals surface area contributed by atoms with Crippen LogP contribution in [0.25, 0.3) is 0 Å². The molecule has 0 atom stereocenters. The Morgan fingerprint density at radius 2 is 0.212 bits per heavy atom. The van der Waals surface area contributed by atoms with Crippen LogP contribution in [0, 0.1) is 0 Å². The van der Waals surface area contributed by atoms with Crippen molar-refractivity contribution in [3.63, 3.8) is 0 Å². The van der Waals surface area contributed by atoms with Gasteiger partial charge in [-0.2, -0.15) is 0 Å². The summed E-state index contributed by atoms with van der Waals surface area (Å²) < 4.78 is 0.978. The normalized spacial score (nSPS) is 11.7. The van der Waals surface area contributed by atoms with Gasteiger partial charge in [-0.3, -0.25) is 0 Å². The Kier molecular flexibility index (Phi) is 148. The van der Waals surface area contributed by atoms with E-state index in [1.54, 1.807) is 109 Å². The maximum absolute atomic E-state index is 5.05. The average molecular weight is 2690 g/mol. The van der Waals surface area contributed by atoms with Crippen molar-refractivity contribution in [3.8, 4) is 0 Å². The van der Waals surface area contributed by atoms with Gasteiger partial charge in [-0.25, -0.2) is 0 Å². The van der Waals surface area contributed by atoms with Crippen LogP contribution in [0.15, 0.2) is 0 Å². The Balaban J connectivity index is 3.08. The zero-order valence-corrected chi connectivity index (χ0v) is 103. The van der Waals surface area contributed by atoms with Crippen molar-refractivity contribution in [2.75, 3.05) is 0 Å². The molecule has 0 aliphatic rings. The van der Waals surface area contributed by atoms with Crippen molar-refractivity contribution in [2.24, 2.45) is 0 Å². The molecule has 0 unspecified atom stereocenters. The second kappa shape index (κ2) is 111. The van der Waals surface area contributed by atoms with Crippen LogP contribution in [0.3, 0.4) is 0 Å². The summed E-state index contributed by atoms with van der Waals surface area (Å²) in [6, 6.07) is 0. The molecular weight excluding hydrogens is 2690 g/mol. The Morgan fingerprint density at radius 3 is 0.282 bits per heavy atom. The van der Waals surface area contributed by atoms with E-state index in [1.807, 2.05) is 685 Å². The van der Waals surface area contributed by atoms with Gasteiger partial charge in [-0.1, -0.05) is 23.9 Å². The van der Waals surface area contributed by atoms with E-state index in [1.165, 1.54) is 9.83 Å². The highest BCUT2D eigenvalue weighted by atomic mass is 34.1. The first-order valence-corrected chi connectivity index (χ1v) is 123. The van der Waals surface area contributed by atoms with E-state index in [2.05, 4.69) is 11.7 Å². The number of hydrogen-bond acceptors (Lipinski definition) is 83. The van der Waals surface area contributed by atoms with Crippen LogP contribution in [0.5, 0.6) is 0 Å². The van der Waals surface area contributed by atoms with Gasteiger partial charge in [0.15, 0.2) is 0 Å². The molecule has 0 saturated heterocycles. The van der Waals surface area contributed by atoms with Crippen molar-refractivity contribution in [2.45, 2.75) is 6.92 Å². The van der Waals surface area contributed by atoms with Crippen LogP contribution in [-0.2, 0) is 0 Å². The molecule has 0 heterocycles. The predicted molar refractivity (Wildman–Crippen MR) is 642 cm³/mol. The summed E-state index contributed by atoms with van der Waals surface area (Å²) in [6.45, 7) is 1.96. The minimum Gasteiger partial charge on any atom is -0.0988 e. The number of rotatable bonds is 80. The summed E-state index contributed by atoms with van der Waals surface area (Å²) in [6.07, 6.45) is 0. The lowest BCUT2D eigenvalue weighted by atomic mass is 11.0. The zero-order chi connectivity index (χ0) is 60.9. The first-order chi connectivity index (χ1) is 42.3. The lowest BCUT2D eigenvalue weighted by Gasteiger charge is -2.00. The topological polar surface area (TPSA) is 0 Å². The molecule has 0 aliphatic carbocycles. The minimum absolute atomic E-state index is 0.978. The van der Waals surface area contributed by atoms with Gasteiger partial charge in [0.25, 0.3) is 0 Å². The molecule has 0 aromatic carbocycles. The fourth-order valence-electron chi connectivity index (χ4n) is 0.947. The largest absolute Gasteiger partial charge is 0.0988 e. The molecule has 0 spiro atoms. The van der Waals surface area contributed by atoms with E-state index in [9.17, 15) is 0 Å². The smallest absolute Gasteiger partial charge is 0.0564 e. The fourth-order valence-corrected chi connectivity index (χ4v) is 218. The van der Waals surface area contributed by atoms with E-state index < -0.39 is 0 Å². The molecule has 0 nitrogen and oxygen atoms in total. The van der Waals surface area contributed by atoms with E-state index in [0.29, 0.717) is 0 Å². The molecule has 85 heavy (non-hydrogen) atoms. The van der Waals surface area contributed by atoms with E-state index in [-0.39, 0.29) is 0 Å². The molecule has 0 N–H and O–H groups in total. The molecule has 0 aromatic heterocycles. The van der Waals surface area contributed by atoms with Crippen LogP contribution in [0.4, 0.5) is 0 Å². The minimum atomic E-state index is 0.978. The van der Waals surface area contributed by atoms with E-state index in [0.717, 1.165) is 4.20 Å². The van der Waals surface area contributed by atoms with Gasteiger partial charge in [0.1, 0.15) is 0 Å². The standard InChI is InChI=1S/C2H4S83/c1-2(3)5-7-9-11-13-15-17-19-21-23-25-27-29-31-33-35-37-39-41-43-45-47-49-51-53-55-57-59-61-63-65-67-69-71-73-75-77-79-81-83-85-84-82-80-78-76-74-72-70-68-66-64-62-60-58-56-54-52-50-48-46-44-42-40-38-36-34-32-30-28-26-24-22-20-18-16-14-12-10-8-6-4/h4H,1H3. The van der Waals surface area contributed by atoms with Crippen LogP contribution in [0.2, 0.25) is 0 Å². The second-order valence-electron chi connectivity index (χ2n) is 6.02. The van der Waals surface area contributed by atoms with Gasteiger partial charge >= 0.3 is 0 Å². The molecule has 0 fully saturated rings. The first-order valence-electron chi connectivity index (χ1n) is 14.4. The summed E-state index contributed by atoms with van der Waals surface area (Å²) in [5.41, 5.74) is 0. The maximum Gasteiger partial charge on any atom is 0.0564 e. The van der Waals surface area contributed by atoms with Crippen LogP contribution in [-0.4, -0.2) is 4.20 Å². The molecule has 0 saturated carbocycles. The van der Waals surface area contributed by atoms with Gasteiger partial charge < -0.3 is 0 Å². The van der Waals surface area contributed by atoms with Crippen LogP contribution >= 0.6 is 821 Å². The number of hydrogen-bond donors (Lipinski definition) is 1. The maximum atomic E-state index is 5.05. The lowest BCUT2D eigenvalue weighted by molar-refractivity contribution is 2.12. The molecule has 83 heteroatoms. The monoisotopic (exact) mass is 2680 g/mol. The van der Waals surface area contributed by atoms with Crippen molar-refractivity contribution in [1.82, 2.24) is 0 Å². The summed E-state index contributed by atoms with van der Waals surface area (Å²) in [5, 5.41) is 0. The van der Waals surface area contributed by atoms with Crippen molar-refractivity contribution in [3.05, 3.63) is 0 Å². The van der Waals surface area contributed by atoms with Gasteiger partial charge in [0.05, 0.1) is 4.20 Å². The Labute approximate surface area is 808 Å². The SMILES string of the molecule is CC(=S)SSSSSSSSSSSSSSSSSSSSSSSSSSSSSSSSSSSSSSSSSSSSSSSSSSSSSSSSSSSSSSSSSSSSSSSSSSSSSSSSSS. The average Bonchev–Trinajstić information content (AvgIpc) is 3.50. The Morgan fingerprint density at radius 1 is 0.141 bits per heavy atom. The zero-order valence-electron chi connectivity index (χ0n) is 35.4. The highest BCUT2D eigenvalue weighted by Crippen LogP contribution is 2.72. The van der Waals surface area contributed by atoms with Gasteiger partial charge in [-0.05, 0) is 175 Å². The van der Waals surface area contributed by atoms with Crippen molar-refractivity contribution >= 4 is 825 Å². The Bertz CT molecular complexity index is 1130. The van der Waals surface area contributed by atoms with Gasteiger partial charge in [0, 0.05) is 629 Å². The van der Waals surface area contributed by atoms with Crippen molar-refractivity contribution < 1.29 is 0 Å². The molecule has 0 aromatic rings.